The minimum Gasteiger partial charge on any atom is -0.329 e. The maximum atomic E-state index is 5.70. The lowest BCUT2D eigenvalue weighted by atomic mass is 9.63. The van der Waals surface area contributed by atoms with Gasteiger partial charge in [0.2, 0.25) is 0 Å². The molecule has 0 aliphatic heterocycles. The summed E-state index contributed by atoms with van der Waals surface area (Å²) in [5.41, 5.74) is 6.53. The molecule has 3 unspecified atom stereocenters. The summed E-state index contributed by atoms with van der Waals surface area (Å²) in [6, 6.07) is 0. The Kier molecular flexibility index (Phi) is 2.63. The number of nitrogens with zero attached hydrogens (tertiary/aromatic N) is 1. The molecule has 2 N–H and O–H groups in total. The fourth-order valence-corrected chi connectivity index (χ4v) is 4.32. The molecular formula is C13H26N2. The van der Waals surface area contributed by atoms with E-state index in [0.29, 0.717) is 11.0 Å². The molecule has 0 saturated heterocycles. The largest absolute Gasteiger partial charge is 0.329 e. The second-order valence-corrected chi connectivity index (χ2v) is 6.29. The molecule has 3 atom stereocenters. The van der Waals surface area contributed by atoms with Gasteiger partial charge in [0, 0.05) is 18.6 Å². The molecule has 0 radical (unpaired) electrons. The highest BCUT2D eigenvalue weighted by atomic mass is 15.2. The summed E-state index contributed by atoms with van der Waals surface area (Å²) >= 11 is 0. The van der Waals surface area contributed by atoms with Gasteiger partial charge in [-0.1, -0.05) is 13.8 Å². The monoisotopic (exact) mass is 210 g/mol. The molecule has 2 saturated carbocycles. The molecule has 2 bridgehead atoms. The van der Waals surface area contributed by atoms with Gasteiger partial charge in [0.1, 0.15) is 0 Å². The van der Waals surface area contributed by atoms with Crippen LogP contribution in [0.4, 0.5) is 0 Å². The Morgan fingerprint density at radius 2 is 1.80 bits per heavy atom. The van der Waals surface area contributed by atoms with Gasteiger partial charge in [0.25, 0.3) is 0 Å². The van der Waals surface area contributed by atoms with Crippen molar-refractivity contribution in [2.75, 3.05) is 20.1 Å². The second kappa shape index (κ2) is 3.46. The standard InChI is InChI=1S/C13H26N2/c1-12(2)10-5-6-11(9-10)13(12,3)15(4)8-7-14/h10-11H,5-9,14H2,1-4H3. The van der Waals surface area contributed by atoms with E-state index in [1.165, 1.54) is 19.3 Å². The topological polar surface area (TPSA) is 29.3 Å². The summed E-state index contributed by atoms with van der Waals surface area (Å²) < 4.78 is 0. The lowest BCUT2D eigenvalue weighted by molar-refractivity contribution is -0.0286. The molecule has 0 aromatic rings. The van der Waals surface area contributed by atoms with Crippen LogP contribution in [-0.4, -0.2) is 30.6 Å². The van der Waals surface area contributed by atoms with E-state index in [4.69, 9.17) is 5.73 Å². The Morgan fingerprint density at radius 1 is 1.20 bits per heavy atom. The molecule has 0 aromatic heterocycles. The van der Waals surface area contributed by atoms with Crippen LogP contribution in [0.5, 0.6) is 0 Å². The summed E-state index contributed by atoms with van der Waals surface area (Å²) in [5, 5.41) is 0. The van der Waals surface area contributed by atoms with Gasteiger partial charge in [-0.2, -0.15) is 0 Å². The third kappa shape index (κ3) is 1.31. The first-order valence-electron chi connectivity index (χ1n) is 6.36. The van der Waals surface area contributed by atoms with Crippen LogP contribution in [0.3, 0.4) is 0 Å². The Morgan fingerprint density at radius 3 is 2.27 bits per heavy atom. The van der Waals surface area contributed by atoms with E-state index in [1.807, 2.05) is 0 Å². The third-order valence-corrected chi connectivity index (χ3v) is 5.81. The van der Waals surface area contributed by atoms with Crippen LogP contribution in [0.15, 0.2) is 0 Å². The third-order valence-electron chi connectivity index (χ3n) is 5.81. The van der Waals surface area contributed by atoms with Crippen molar-refractivity contribution >= 4 is 0 Å². The second-order valence-electron chi connectivity index (χ2n) is 6.29. The van der Waals surface area contributed by atoms with Crippen molar-refractivity contribution < 1.29 is 0 Å². The van der Waals surface area contributed by atoms with Crippen molar-refractivity contribution in [1.29, 1.82) is 0 Å². The summed E-state index contributed by atoms with van der Waals surface area (Å²) in [4.78, 5) is 2.52. The first kappa shape index (κ1) is 11.4. The minimum absolute atomic E-state index is 0.370. The predicted molar refractivity (Wildman–Crippen MR) is 64.7 cm³/mol. The van der Waals surface area contributed by atoms with Crippen LogP contribution < -0.4 is 5.73 Å². The number of rotatable bonds is 3. The predicted octanol–water partition coefficient (Wildman–Crippen LogP) is 2.09. The highest BCUT2D eigenvalue weighted by Crippen LogP contribution is 2.63. The molecule has 2 nitrogen and oxygen atoms in total. The summed E-state index contributed by atoms with van der Waals surface area (Å²) in [7, 11) is 2.26. The molecule has 2 aliphatic rings. The van der Waals surface area contributed by atoms with Crippen molar-refractivity contribution in [2.45, 2.75) is 45.6 Å². The molecule has 15 heavy (non-hydrogen) atoms. The molecule has 88 valence electrons. The molecule has 0 amide bonds. The van der Waals surface area contributed by atoms with Crippen molar-refractivity contribution in [3.05, 3.63) is 0 Å². The Labute approximate surface area is 94.2 Å². The molecule has 0 heterocycles. The van der Waals surface area contributed by atoms with Gasteiger partial charge in [-0.25, -0.2) is 0 Å². The fourth-order valence-electron chi connectivity index (χ4n) is 4.32. The molecule has 2 fully saturated rings. The average Bonchev–Trinajstić information content (AvgIpc) is 2.70. The lowest BCUT2D eigenvalue weighted by Crippen LogP contribution is -2.58. The highest BCUT2D eigenvalue weighted by Gasteiger charge is 2.61. The average molecular weight is 210 g/mol. The van der Waals surface area contributed by atoms with Gasteiger partial charge in [0.15, 0.2) is 0 Å². The molecular weight excluding hydrogens is 184 g/mol. The first-order valence-corrected chi connectivity index (χ1v) is 6.36. The van der Waals surface area contributed by atoms with Crippen LogP contribution in [0.25, 0.3) is 0 Å². The quantitative estimate of drug-likeness (QED) is 0.773. The van der Waals surface area contributed by atoms with Crippen LogP contribution in [0, 0.1) is 17.3 Å². The zero-order valence-electron chi connectivity index (χ0n) is 10.7. The summed E-state index contributed by atoms with van der Waals surface area (Å²) in [6.45, 7) is 9.20. The number of nitrogens with two attached hydrogens (primary N) is 1. The van der Waals surface area contributed by atoms with Crippen LogP contribution in [-0.2, 0) is 0 Å². The van der Waals surface area contributed by atoms with Crippen molar-refractivity contribution in [1.82, 2.24) is 4.90 Å². The molecule has 0 aromatic carbocycles. The SMILES string of the molecule is CN(CCN)C1(C)C2CCC(C2)C1(C)C. The smallest absolute Gasteiger partial charge is 0.0260 e. The van der Waals surface area contributed by atoms with E-state index < -0.39 is 0 Å². The molecule has 2 heteroatoms. The van der Waals surface area contributed by atoms with E-state index in [9.17, 15) is 0 Å². The number of fused-ring (bicyclic) bond motifs is 2. The van der Waals surface area contributed by atoms with E-state index in [-0.39, 0.29) is 0 Å². The normalized spacial score (nSPS) is 42.8. The van der Waals surface area contributed by atoms with E-state index in [2.05, 4.69) is 32.7 Å². The summed E-state index contributed by atoms with van der Waals surface area (Å²) in [6.07, 6.45) is 4.32. The van der Waals surface area contributed by atoms with Crippen molar-refractivity contribution in [3.8, 4) is 0 Å². The maximum Gasteiger partial charge on any atom is 0.0260 e. The lowest BCUT2D eigenvalue weighted by Gasteiger charge is -2.53. The summed E-state index contributed by atoms with van der Waals surface area (Å²) in [5.74, 6) is 1.83. The van der Waals surface area contributed by atoms with Crippen LogP contribution >= 0.6 is 0 Å². The zero-order valence-corrected chi connectivity index (χ0v) is 10.7. The van der Waals surface area contributed by atoms with E-state index in [1.54, 1.807) is 0 Å². The fraction of sp³-hybridized carbons (Fsp3) is 1.00. The highest BCUT2D eigenvalue weighted by molar-refractivity contribution is 5.14. The number of hydrogen-bond donors (Lipinski definition) is 1. The van der Waals surface area contributed by atoms with Gasteiger partial charge in [-0.05, 0) is 50.5 Å². The van der Waals surface area contributed by atoms with Crippen molar-refractivity contribution in [3.63, 3.8) is 0 Å². The molecule has 0 spiro atoms. The zero-order chi connectivity index (χ0) is 11.3. The van der Waals surface area contributed by atoms with E-state index >= 15 is 0 Å². The van der Waals surface area contributed by atoms with Crippen LogP contribution in [0.2, 0.25) is 0 Å². The van der Waals surface area contributed by atoms with Crippen LogP contribution in [0.1, 0.15) is 40.0 Å². The number of likely N-dealkylation sites (N-methyl/N-ethyl adjacent to an activating group) is 1. The van der Waals surface area contributed by atoms with Gasteiger partial charge in [0.05, 0.1) is 0 Å². The van der Waals surface area contributed by atoms with Crippen molar-refractivity contribution in [2.24, 2.45) is 23.0 Å². The van der Waals surface area contributed by atoms with Gasteiger partial charge >= 0.3 is 0 Å². The first-order chi connectivity index (χ1) is 6.94. The Bertz CT molecular complexity index is 249. The Balaban J connectivity index is 2.26. The van der Waals surface area contributed by atoms with Gasteiger partial charge in [-0.15, -0.1) is 0 Å². The number of hydrogen-bond acceptors (Lipinski definition) is 2. The maximum absolute atomic E-state index is 5.70. The van der Waals surface area contributed by atoms with E-state index in [0.717, 1.165) is 24.9 Å². The Hall–Kier alpha value is -0.0800. The van der Waals surface area contributed by atoms with Gasteiger partial charge < -0.3 is 5.73 Å². The van der Waals surface area contributed by atoms with Gasteiger partial charge in [-0.3, -0.25) is 4.90 Å². The molecule has 2 rings (SSSR count). The minimum atomic E-state index is 0.370. The molecule has 2 aliphatic carbocycles.